The number of aliphatic hydroxyl groups is 1. The molecule has 7 heteroatoms. The zero-order valence-electron chi connectivity index (χ0n) is 17.9. The van der Waals surface area contributed by atoms with Crippen molar-refractivity contribution in [2.45, 2.75) is 18.0 Å². The van der Waals surface area contributed by atoms with Crippen LogP contribution in [-0.4, -0.2) is 58.6 Å². The summed E-state index contributed by atoms with van der Waals surface area (Å²) in [5, 5.41) is 12.7. The molecule has 6 nitrogen and oxygen atoms in total. The lowest BCUT2D eigenvalue weighted by Gasteiger charge is -2.58. The summed E-state index contributed by atoms with van der Waals surface area (Å²) in [5.41, 5.74) is 3.71. The predicted octanol–water partition coefficient (Wildman–Crippen LogP) is 3.70. The minimum absolute atomic E-state index is 0.0559. The molecule has 3 aromatic carbocycles. The number of carbonyl (C=O) groups excluding carboxylic acids is 2. The maximum atomic E-state index is 13.1. The highest BCUT2D eigenvalue weighted by atomic mass is 19.1. The molecule has 33 heavy (non-hydrogen) atoms. The molecule has 0 unspecified atom stereocenters. The first-order valence-corrected chi connectivity index (χ1v) is 10.9. The Bertz CT molecular complexity index is 1150. The van der Waals surface area contributed by atoms with Crippen molar-refractivity contribution in [3.8, 4) is 11.1 Å². The Balaban J connectivity index is 1.33. The fourth-order valence-corrected chi connectivity index (χ4v) is 4.92. The fourth-order valence-electron chi connectivity index (χ4n) is 4.92. The topological polar surface area (TPSA) is 72.9 Å². The van der Waals surface area contributed by atoms with Gasteiger partial charge in [0, 0.05) is 18.2 Å². The molecule has 0 aromatic heterocycles. The number of anilines is 1. The monoisotopic (exact) mass is 445 g/mol. The largest absolute Gasteiger partial charge is 0.394 e. The molecule has 3 atom stereocenters. The third kappa shape index (κ3) is 3.96. The number of aliphatic hydroxyl groups excluding tert-OH is 1. The number of halogens is 1. The molecular formula is C26H24FN3O3. The molecule has 2 heterocycles. The van der Waals surface area contributed by atoms with Crippen LogP contribution in [0.2, 0.25) is 0 Å². The van der Waals surface area contributed by atoms with Crippen LogP contribution in [0.4, 0.5) is 14.9 Å². The highest BCUT2D eigenvalue weighted by Crippen LogP contribution is 2.43. The molecule has 0 bridgehead atoms. The van der Waals surface area contributed by atoms with Crippen molar-refractivity contribution in [3.63, 3.8) is 0 Å². The minimum Gasteiger partial charge on any atom is -0.394 e. The number of nitrogens with zero attached hydrogens (tertiary/aromatic N) is 2. The van der Waals surface area contributed by atoms with Gasteiger partial charge in [0.1, 0.15) is 12.4 Å². The summed E-state index contributed by atoms with van der Waals surface area (Å²) < 4.78 is 13.1. The van der Waals surface area contributed by atoms with E-state index in [-0.39, 0.29) is 42.9 Å². The Labute approximate surface area is 191 Å². The van der Waals surface area contributed by atoms with E-state index in [1.807, 2.05) is 54.6 Å². The van der Waals surface area contributed by atoms with E-state index in [4.69, 9.17) is 0 Å². The molecule has 0 saturated carbocycles. The molecule has 2 N–H and O–H groups in total. The Hall–Kier alpha value is -3.71. The van der Waals surface area contributed by atoms with Gasteiger partial charge in [-0.1, -0.05) is 54.6 Å². The first-order valence-electron chi connectivity index (χ1n) is 10.9. The maximum absolute atomic E-state index is 13.1. The van der Waals surface area contributed by atoms with Gasteiger partial charge in [-0.2, -0.15) is 0 Å². The van der Waals surface area contributed by atoms with Crippen molar-refractivity contribution in [1.82, 2.24) is 9.80 Å². The highest BCUT2D eigenvalue weighted by molar-refractivity contribution is 5.93. The van der Waals surface area contributed by atoms with Crippen LogP contribution < -0.4 is 5.32 Å². The second-order valence-electron chi connectivity index (χ2n) is 8.45. The number of piperazine rings is 1. The number of carbonyl (C=O) groups is 2. The standard InChI is InChI=1S/C26H24FN3O3/c27-20-10-12-21(13-11-20)28-26(33)29-14-22-25(23(16-31)30(22)24(32)15-29)19-8-6-18(7-9-19)17-4-2-1-3-5-17/h1-13,22-23,25,31H,14-16H2,(H,28,33)/t22-,23+,25+/m1/s1. The lowest BCUT2D eigenvalue weighted by Crippen LogP contribution is -2.73. The molecule has 2 saturated heterocycles. The van der Waals surface area contributed by atoms with Crippen LogP contribution in [0.5, 0.6) is 0 Å². The fraction of sp³-hybridized carbons (Fsp3) is 0.231. The average Bonchev–Trinajstić information content (AvgIpc) is 2.82. The van der Waals surface area contributed by atoms with E-state index in [1.165, 1.54) is 29.2 Å². The van der Waals surface area contributed by atoms with Gasteiger partial charge in [0.05, 0.1) is 18.7 Å². The smallest absolute Gasteiger partial charge is 0.322 e. The number of hydrogen-bond donors (Lipinski definition) is 2. The Kier molecular flexibility index (Phi) is 5.56. The van der Waals surface area contributed by atoms with Crippen molar-refractivity contribution in [1.29, 1.82) is 0 Å². The van der Waals surface area contributed by atoms with Crippen LogP contribution in [0.15, 0.2) is 78.9 Å². The number of amides is 3. The quantitative estimate of drug-likeness (QED) is 0.643. The molecule has 0 radical (unpaired) electrons. The van der Waals surface area contributed by atoms with Crippen LogP contribution in [-0.2, 0) is 4.79 Å². The Morgan fingerprint density at radius 2 is 1.64 bits per heavy atom. The molecule has 2 aliphatic rings. The lowest BCUT2D eigenvalue weighted by molar-refractivity contribution is -0.159. The number of hydrogen-bond acceptors (Lipinski definition) is 3. The summed E-state index contributed by atoms with van der Waals surface area (Å²) in [4.78, 5) is 28.8. The van der Waals surface area contributed by atoms with E-state index < -0.39 is 6.03 Å². The van der Waals surface area contributed by atoms with Gasteiger partial charge in [-0.15, -0.1) is 0 Å². The van der Waals surface area contributed by atoms with Crippen LogP contribution in [0.25, 0.3) is 11.1 Å². The predicted molar refractivity (Wildman–Crippen MR) is 123 cm³/mol. The van der Waals surface area contributed by atoms with Gasteiger partial charge in [0.15, 0.2) is 0 Å². The summed E-state index contributed by atoms with van der Waals surface area (Å²) in [7, 11) is 0. The van der Waals surface area contributed by atoms with Crippen LogP contribution in [0.3, 0.4) is 0 Å². The van der Waals surface area contributed by atoms with E-state index in [0.717, 1.165) is 16.7 Å². The number of benzene rings is 3. The molecule has 0 spiro atoms. The van der Waals surface area contributed by atoms with Crippen molar-refractivity contribution in [3.05, 3.63) is 90.2 Å². The SMILES string of the molecule is O=C(Nc1ccc(F)cc1)N1CC(=O)N2[C@H](C1)[C@H](c1ccc(-c3ccccc3)cc1)[C@@H]2CO. The zero-order valence-corrected chi connectivity index (χ0v) is 17.9. The van der Waals surface area contributed by atoms with Crippen molar-refractivity contribution < 1.29 is 19.1 Å². The average molecular weight is 445 g/mol. The van der Waals surface area contributed by atoms with Crippen LogP contribution in [0.1, 0.15) is 11.5 Å². The lowest BCUT2D eigenvalue weighted by atomic mass is 9.73. The van der Waals surface area contributed by atoms with Gasteiger partial charge in [-0.25, -0.2) is 9.18 Å². The number of nitrogens with one attached hydrogen (secondary N) is 1. The summed E-state index contributed by atoms with van der Waals surface area (Å²) in [6.07, 6.45) is 0. The van der Waals surface area contributed by atoms with Gasteiger partial charge in [-0.3, -0.25) is 4.79 Å². The van der Waals surface area contributed by atoms with E-state index >= 15 is 0 Å². The highest BCUT2D eigenvalue weighted by Gasteiger charge is 2.54. The number of fused-ring (bicyclic) bond motifs is 1. The van der Waals surface area contributed by atoms with E-state index in [1.54, 1.807) is 4.90 Å². The van der Waals surface area contributed by atoms with Gasteiger partial charge < -0.3 is 20.2 Å². The molecule has 3 amide bonds. The molecule has 5 rings (SSSR count). The summed E-state index contributed by atoms with van der Waals surface area (Å²) in [6.45, 7) is 0.176. The summed E-state index contributed by atoms with van der Waals surface area (Å²) >= 11 is 0. The van der Waals surface area contributed by atoms with Crippen molar-refractivity contribution in [2.24, 2.45) is 0 Å². The second-order valence-corrected chi connectivity index (χ2v) is 8.45. The van der Waals surface area contributed by atoms with Gasteiger partial charge in [0.2, 0.25) is 5.91 Å². The second kappa shape index (κ2) is 8.67. The number of rotatable bonds is 4. The first-order chi connectivity index (χ1) is 16.0. The van der Waals surface area contributed by atoms with Crippen LogP contribution in [0, 0.1) is 5.82 Å². The van der Waals surface area contributed by atoms with Crippen molar-refractivity contribution >= 4 is 17.6 Å². The zero-order chi connectivity index (χ0) is 22.9. The Morgan fingerprint density at radius 1 is 0.970 bits per heavy atom. The van der Waals surface area contributed by atoms with E-state index in [0.29, 0.717) is 12.2 Å². The first kappa shape index (κ1) is 21.2. The van der Waals surface area contributed by atoms with Crippen LogP contribution >= 0.6 is 0 Å². The molecular weight excluding hydrogens is 421 g/mol. The molecule has 0 aliphatic carbocycles. The number of urea groups is 1. The molecule has 2 fully saturated rings. The molecule has 3 aromatic rings. The minimum atomic E-state index is -0.403. The van der Waals surface area contributed by atoms with E-state index in [9.17, 15) is 19.1 Å². The third-order valence-electron chi connectivity index (χ3n) is 6.54. The normalized spacial score (nSPS) is 21.9. The van der Waals surface area contributed by atoms with Crippen molar-refractivity contribution in [2.75, 3.05) is 25.0 Å². The summed E-state index contributed by atoms with van der Waals surface area (Å²) in [5.74, 6) is -0.635. The third-order valence-corrected chi connectivity index (χ3v) is 6.54. The molecule has 2 aliphatic heterocycles. The van der Waals surface area contributed by atoms with Gasteiger partial charge in [-0.05, 0) is 41.0 Å². The Morgan fingerprint density at radius 3 is 2.30 bits per heavy atom. The maximum Gasteiger partial charge on any atom is 0.322 e. The van der Waals surface area contributed by atoms with Gasteiger partial charge >= 0.3 is 6.03 Å². The van der Waals surface area contributed by atoms with Gasteiger partial charge in [0.25, 0.3) is 0 Å². The summed E-state index contributed by atoms with van der Waals surface area (Å²) in [6, 6.07) is 22.8. The van der Waals surface area contributed by atoms with E-state index in [2.05, 4.69) is 5.32 Å². The molecule has 168 valence electrons.